The molecule has 0 amide bonds. The Balaban J connectivity index is 0.000000981. The Hall–Kier alpha value is -1.21. The molecule has 0 radical (unpaired) electrons. The van der Waals surface area contributed by atoms with E-state index >= 15 is 0 Å². The van der Waals surface area contributed by atoms with Crippen LogP contribution in [0.2, 0.25) is 0 Å². The first kappa shape index (κ1) is 29.8. The molecule has 0 aromatic carbocycles. The van der Waals surface area contributed by atoms with Gasteiger partial charge in [-0.15, -0.1) is 0 Å². The van der Waals surface area contributed by atoms with Crippen molar-refractivity contribution in [3.63, 3.8) is 0 Å². The molecule has 0 aromatic rings. The van der Waals surface area contributed by atoms with Gasteiger partial charge in [-0.1, -0.05) is 45.4 Å². The maximum Gasteiger partial charge on any atom is 0.0860 e. The molecule has 0 fully saturated rings. The molecular formula is C27H49NO5. The Morgan fingerprint density at radius 2 is 1.91 bits per heavy atom. The number of allylic oxidation sites excluding steroid dienone is 2. The zero-order chi connectivity index (χ0) is 25.2. The van der Waals surface area contributed by atoms with Crippen molar-refractivity contribution in [2.45, 2.75) is 110 Å². The Bertz CT molecular complexity index is 633. The molecule has 2 aliphatic rings. The van der Waals surface area contributed by atoms with Crippen molar-refractivity contribution in [1.29, 1.82) is 0 Å². The van der Waals surface area contributed by atoms with E-state index in [2.05, 4.69) is 65.5 Å². The predicted octanol–water partition coefficient (Wildman–Crippen LogP) is 2.64. The summed E-state index contributed by atoms with van der Waals surface area (Å²) >= 11 is 0. The van der Waals surface area contributed by atoms with Crippen LogP contribution in [0, 0.1) is 23.7 Å². The van der Waals surface area contributed by atoms with Gasteiger partial charge in [0.2, 0.25) is 0 Å². The molecule has 6 nitrogen and oxygen atoms in total. The molecule has 6 heteroatoms. The standard InChI is InChI=1S/C23H38O5.C4H11N/c1-4-15(2)14-28-21-7-5-6-17-9-8-16(3)20(23(17)21)11-10-18(24)12-19(25)13-22(26)27;1-4(2,3)5/h5-6,9,15-16,18-21,23-25H,4,7-8,10-14H2,1-3H3,(H,26,27);5H2,1-3H3/t15-,16-,18+,19+,20-,21-,23-;/m0./s1. The number of aliphatic hydroxyl groups excluding tert-OH is 2. The molecule has 0 unspecified atom stereocenters. The first-order valence-corrected chi connectivity index (χ1v) is 12.7. The zero-order valence-corrected chi connectivity index (χ0v) is 21.8. The summed E-state index contributed by atoms with van der Waals surface area (Å²) in [5, 5.41) is 30.6. The van der Waals surface area contributed by atoms with Crippen LogP contribution >= 0.6 is 0 Å². The van der Waals surface area contributed by atoms with Crippen LogP contribution in [0.15, 0.2) is 23.8 Å². The van der Waals surface area contributed by atoms with E-state index in [-0.39, 0.29) is 18.1 Å². The minimum atomic E-state index is -1.29. The second-order valence-electron chi connectivity index (χ2n) is 11.4. The van der Waals surface area contributed by atoms with Crippen molar-refractivity contribution in [2.24, 2.45) is 23.7 Å². The molecule has 0 heterocycles. The summed E-state index contributed by atoms with van der Waals surface area (Å²) in [6.07, 6.45) is 9.32. The highest BCUT2D eigenvalue weighted by atomic mass is 16.5. The predicted molar refractivity (Wildman–Crippen MR) is 130 cm³/mol. The van der Waals surface area contributed by atoms with Crippen molar-refractivity contribution < 1.29 is 30.6 Å². The van der Waals surface area contributed by atoms with Crippen LogP contribution in [0.4, 0.5) is 0 Å². The Kier molecular flexibility index (Phi) is 12.9. The van der Waals surface area contributed by atoms with Crippen LogP contribution in [0.1, 0.15) is 86.5 Å². The number of carbonyl (C=O) groups excluding carboxylic acids is 1. The molecule has 0 spiro atoms. The Morgan fingerprint density at radius 1 is 1.27 bits per heavy atom. The Morgan fingerprint density at radius 3 is 2.48 bits per heavy atom. The molecule has 2 aliphatic carbocycles. The van der Waals surface area contributed by atoms with E-state index < -0.39 is 24.6 Å². The summed E-state index contributed by atoms with van der Waals surface area (Å²) in [6.45, 7) is 13.7. The molecule has 0 saturated carbocycles. The summed E-state index contributed by atoms with van der Waals surface area (Å²) in [5.41, 5.74) is 5.38. The number of carboxylic acid groups (broad SMARTS) is 1. The van der Waals surface area contributed by atoms with Gasteiger partial charge in [-0.05, 0) is 76.2 Å². The molecule has 192 valence electrons. The zero-order valence-electron chi connectivity index (χ0n) is 21.8. The molecule has 7 atom stereocenters. The minimum absolute atomic E-state index is 0.0797. The van der Waals surface area contributed by atoms with Gasteiger partial charge in [-0.3, -0.25) is 0 Å². The largest absolute Gasteiger partial charge is 0.550 e. The molecule has 0 aliphatic heterocycles. The normalized spacial score (nSPS) is 27.5. The maximum atomic E-state index is 10.6. The molecule has 5 N–H and O–H groups in total. The smallest absolute Gasteiger partial charge is 0.0860 e. The summed E-state index contributed by atoms with van der Waals surface area (Å²) < 4.78 is 6.33. The fourth-order valence-corrected chi connectivity index (χ4v) is 4.52. The maximum absolute atomic E-state index is 10.6. The van der Waals surface area contributed by atoms with E-state index in [4.69, 9.17) is 4.74 Å². The first-order chi connectivity index (χ1) is 15.3. The van der Waals surface area contributed by atoms with Gasteiger partial charge < -0.3 is 30.6 Å². The lowest BCUT2D eigenvalue weighted by Crippen LogP contribution is -2.67. The summed E-state index contributed by atoms with van der Waals surface area (Å²) in [5.74, 6) is 0.531. The van der Waals surface area contributed by atoms with Crippen LogP contribution in [0.3, 0.4) is 0 Å². The van der Waals surface area contributed by atoms with E-state index in [0.717, 1.165) is 32.3 Å². The molecule has 0 bridgehead atoms. The third kappa shape index (κ3) is 12.2. The van der Waals surface area contributed by atoms with Gasteiger partial charge >= 0.3 is 0 Å². The Labute approximate surface area is 201 Å². The van der Waals surface area contributed by atoms with Gasteiger partial charge in [0.15, 0.2) is 0 Å². The number of rotatable bonds is 11. The van der Waals surface area contributed by atoms with Crippen molar-refractivity contribution in [3.05, 3.63) is 23.8 Å². The number of quaternary nitrogens is 1. The second kappa shape index (κ2) is 14.2. The number of fused-ring (bicyclic) bond motifs is 1. The monoisotopic (exact) mass is 467 g/mol. The van der Waals surface area contributed by atoms with E-state index in [1.807, 2.05) is 0 Å². The van der Waals surface area contributed by atoms with Crippen molar-refractivity contribution in [1.82, 2.24) is 0 Å². The van der Waals surface area contributed by atoms with E-state index in [9.17, 15) is 20.1 Å². The van der Waals surface area contributed by atoms with E-state index in [1.165, 1.54) is 5.57 Å². The van der Waals surface area contributed by atoms with Crippen molar-refractivity contribution in [2.75, 3.05) is 6.61 Å². The van der Waals surface area contributed by atoms with Crippen molar-refractivity contribution in [3.8, 4) is 0 Å². The third-order valence-corrected chi connectivity index (χ3v) is 6.45. The number of carbonyl (C=O) groups is 1. The quantitative estimate of drug-likeness (QED) is 0.432. The van der Waals surface area contributed by atoms with Gasteiger partial charge in [-0.2, -0.15) is 0 Å². The number of carboxylic acids is 1. The lowest BCUT2D eigenvalue weighted by atomic mass is 9.66. The molecule has 0 aromatic heterocycles. The van der Waals surface area contributed by atoms with E-state index in [0.29, 0.717) is 30.1 Å². The topological polar surface area (TPSA) is 117 Å². The third-order valence-electron chi connectivity index (χ3n) is 6.45. The van der Waals surface area contributed by atoms with Gasteiger partial charge in [0, 0.05) is 24.9 Å². The van der Waals surface area contributed by atoms with Crippen LogP contribution in [0.25, 0.3) is 0 Å². The average molecular weight is 468 g/mol. The number of aliphatic carboxylic acids is 1. The van der Waals surface area contributed by atoms with Crippen LogP contribution < -0.4 is 10.8 Å². The highest BCUT2D eigenvalue weighted by Gasteiger charge is 2.38. The molecular weight excluding hydrogens is 418 g/mol. The summed E-state index contributed by atoms with van der Waals surface area (Å²) in [7, 11) is 0. The van der Waals surface area contributed by atoms with Gasteiger partial charge in [-0.25, -0.2) is 0 Å². The first-order valence-electron chi connectivity index (χ1n) is 12.7. The van der Waals surface area contributed by atoms with Crippen molar-refractivity contribution >= 4 is 5.97 Å². The van der Waals surface area contributed by atoms with Gasteiger partial charge in [0.1, 0.15) is 0 Å². The fourth-order valence-electron chi connectivity index (χ4n) is 4.52. The van der Waals surface area contributed by atoms with Crippen LogP contribution in [-0.4, -0.2) is 46.6 Å². The highest BCUT2D eigenvalue weighted by Crippen LogP contribution is 2.44. The highest BCUT2D eigenvalue weighted by molar-refractivity contribution is 5.64. The number of aliphatic hydroxyl groups is 2. The fraction of sp³-hybridized carbons (Fsp3) is 0.815. The lowest BCUT2D eigenvalue weighted by molar-refractivity contribution is -0.458. The second-order valence-corrected chi connectivity index (χ2v) is 11.4. The summed E-state index contributed by atoms with van der Waals surface area (Å²) in [4.78, 5) is 10.6. The molecule has 2 rings (SSSR count). The molecule has 0 saturated heterocycles. The van der Waals surface area contributed by atoms with Crippen LogP contribution in [0.5, 0.6) is 0 Å². The summed E-state index contributed by atoms with van der Waals surface area (Å²) in [6, 6.07) is 0. The lowest BCUT2D eigenvalue weighted by Gasteiger charge is -2.43. The minimum Gasteiger partial charge on any atom is -0.550 e. The van der Waals surface area contributed by atoms with Gasteiger partial charge in [0.05, 0.1) is 23.9 Å². The van der Waals surface area contributed by atoms with Crippen LogP contribution in [-0.2, 0) is 9.53 Å². The van der Waals surface area contributed by atoms with Gasteiger partial charge in [0.25, 0.3) is 0 Å². The number of ether oxygens (including phenoxy) is 1. The molecule has 33 heavy (non-hydrogen) atoms. The number of hydrogen-bond acceptors (Lipinski definition) is 5. The average Bonchev–Trinajstić information content (AvgIpc) is 2.69. The SMILES string of the molecule is CC(C)(C)[NH3+].CC[C@H](C)CO[C@H]1CC=CC2=CC[C@H](C)[C@H](CC[C@@H](O)C[C@@H](O)CC(=O)[O-])[C@H]21. The number of hydrogen-bond donors (Lipinski definition) is 3. The van der Waals surface area contributed by atoms with E-state index in [1.54, 1.807) is 0 Å².